The molecule has 128 valence electrons. The van der Waals surface area contributed by atoms with Crippen molar-refractivity contribution < 1.29 is 4.74 Å². The minimum atomic E-state index is 0.158. The molecule has 1 fully saturated rings. The topological polar surface area (TPSA) is 35.2 Å². The van der Waals surface area contributed by atoms with Crippen molar-refractivity contribution in [1.82, 2.24) is 0 Å². The van der Waals surface area contributed by atoms with Crippen LogP contribution in [0.15, 0.2) is 42.5 Å². The van der Waals surface area contributed by atoms with Gasteiger partial charge in [0.1, 0.15) is 12.4 Å². The Bertz CT molecular complexity index is 636. The van der Waals surface area contributed by atoms with Gasteiger partial charge < -0.3 is 10.5 Å². The van der Waals surface area contributed by atoms with Crippen LogP contribution in [0.5, 0.6) is 5.75 Å². The molecule has 1 saturated carbocycles. The predicted molar refractivity (Wildman–Crippen MR) is 100 cm³/mol. The third-order valence-corrected chi connectivity index (χ3v) is 5.25. The zero-order chi connectivity index (χ0) is 16.9. The summed E-state index contributed by atoms with van der Waals surface area (Å²) >= 11 is 0. The SMILES string of the molecule is Cc1cc([C@@H](N)C2CCCCC2)cc(C)c1OCc1ccccc1. The summed E-state index contributed by atoms with van der Waals surface area (Å²) in [6.45, 7) is 4.87. The Balaban J connectivity index is 1.73. The van der Waals surface area contributed by atoms with E-state index in [1.807, 2.05) is 18.2 Å². The first-order valence-electron chi connectivity index (χ1n) is 9.18. The van der Waals surface area contributed by atoms with Gasteiger partial charge in [0.25, 0.3) is 0 Å². The van der Waals surface area contributed by atoms with Gasteiger partial charge in [0.15, 0.2) is 0 Å². The number of ether oxygens (including phenoxy) is 1. The molecule has 3 rings (SSSR count). The van der Waals surface area contributed by atoms with E-state index >= 15 is 0 Å². The maximum atomic E-state index is 6.58. The number of hydrogen-bond acceptors (Lipinski definition) is 2. The van der Waals surface area contributed by atoms with Crippen molar-refractivity contribution in [3.63, 3.8) is 0 Å². The molecule has 2 heteroatoms. The van der Waals surface area contributed by atoms with E-state index < -0.39 is 0 Å². The lowest BCUT2D eigenvalue weighted by Gasteiger charge is -2.28. The highest BCUT2D eigenvalue weighted by Gasteiger charge is 2.23. The molecule has 2 aromatic carbocycles. The van der Waals surface area contributed by atoms with E-state index in [0.29, 0.717) is 12.5 Å². The fraction of sp³-hybridized carbons (Fsp3) is 0.455. The van der Waals surface area contributed by atoms with Gasteiger partial charge in [-0.05, 0) is 54.9 Å². The number of nitrogens with two attached hydrogens (primary N) is 1. The lowest BCUT2D eigenvalue weighted by atomic mass is 9.81. The molecule has 2 N–H and O–H groups in total. The number of hydrogen-bond donors (Lipinski definition) is 1. The quantitative estimate of drug-likeness (QED) is 0.792. The Morgan fingerprint density at radius 2 is 1.62 bits per heavy atom. The standard InChI is InChI=1S/C22H29NO/c1-16-13-20(21(23)19-11-7-4-8-12-19)14-17(2)22(16)24-15-18-9-5-3-6-10-18/h3,5-6,9-10,13-14,19,21H,4,7-8,11-12,15,23H2,1-2H3/t21-/m0/s1. The fourth-order valence-corrected chi connectivity index (χ4v) is 3.90. The van der Waals surface area contributed by atoms with Crippen LogP contribution < -0.4 is 10.5 Å². The summed E-state index contributed by atoms with van der Waals surface area (Å²) in [5.74, 6) is 1.63. The van der Waals surface area contributed by atoms with Crippen molar-refractivity contribution >= 4 is 0 Å². The maximum absolute atomic E-state index is 6.58. The Labute approximate surface area is 146 Å². The average molecular weight is 323 g/mol. The molecule has 1 aliphatic rings. The van der Waals surface area contributed by atoms with E-state index in [9.17, 15) is 0 Å². The number of rotatable bonds is 5. The van der Waals surface area contributed by atoms with Crippen LogP contribution in [-0.4, -0.2) is 0 Å². The van der Waals surface area contributed by atoms with Gasteiger partial charge in [0, 0.05) is 6.04 Å². The van der Waals surface area contributed by atoms with Gasteiger partial charge in [-0.1, -0.05) is 61.7 Å². The second-order valence-electron chi connectivity index (χ2n) is 7.18. The molecule has 0 aromatic heterocycles. The van der Waals surface area contributed by atoms with E-state index in [0.717, 1.165) is 5.75 Å². The number of benzene rings is 2. The van der Waals surface area contributed by atoms with E-state index in [-0.39, 0.29) is 6.04 Å². The van der Waals surface area contributed by atoms with Crippen LogP contribution in [0.1, 0.15) is 60.4 Å². The highest BCUT2D eigenvalue weighted by Crippen LogP contribution is 2.35. The smallest absolute Gasteiger partial charge is 0.125 e. The second-order valence-corrected chi connectivity index (χ2v) is 7.18. The van der Waals surface area contributed by atoms with Crippen molar-refractivity contribution in [2.24, 2.45) is 11.7 Å². The summed E-state index contributed by atoms with van der Waals surface area (Å²) < 4.78 is 6.09. The highest BCUT2D eigenvalue weighted by atomic mass is 16.5. The molecule has 0 heterocycles. The van der Waals surface area contributed by atoms with Crippen LogP contribution in [0.4, 0.5) is 0 Å². The summed E-state index contributed by atoms with van der Waals surface area (Å²) in [6, 6.07) is 14.9. The van der Waals surface area contributed by atoms with Crippen LogP contribution in [-0.2, 0) is 6.61 Å². The molecule has 0 unspecified atom stereocenters. The number of aryl methyl sites for hydroxylation is 2. The summed E-state index contributed by atoms with van der Waals surface area (Å²) in [5.41, 5.74) is 11.4. The predicted octanol–water partition coefficient (Wildman–Crippen LogP) is 5.46. The Morgan fingerprint density at radius 1 is 1.00 bits per heavy atom. The Hall–Kier alpha value is -1.80. The first-order chi connectivity index (χ1) is 11.6. The van der Waals surface area contributed by atoms with E-state index in [4.69, 9.17) is 10.5 Å². The fourth-order valence-electron chi connectivity index (χ4n) is 3.90. The van der Waals surface area contributed by atoms with Crippen molar-refractivity contribution in [3.8, 4) is 5.75 Å². The molecule has 2 nitrogen and oxygen atoms in total. The van der Waals surface area contributed by atoms with Crippen LogP contribution in [0.2, 0.25) is 0 Å². The van der Waals surface area contributed by atoms with Crippen molar-refractivity contribution in [2.75, 3.05) is 0 Å². The Morgan fingerprint density at radius 3 is 2.25 bits per heavy atom. The minimum absolute atomic E-state index is 0.158. The summed E-state index contributed by atoms with van der Waals surface area (Å²) in [6.07, 6.45) is 6.56. The van der Waals surface area contributed by atoms with E-state index in [1.54, 1.807) is 0 Å². The molecule has 0 bridgehead atoms. The van der Waals surface area contributed by atoms with Gasteiger partial charge in [-0.15, -0.1) is 0 Å². The molecule has 0 amide bonds. The molecule has 0 radical (unpaired) electrons. The molecule has 2 aromatic rings. The molecular weight excluding hydrogens is 294 g/mol. The van der Waals surface area contributed by atoms with E-state index in [2.05, 4.69) is 38.1 Å². The van der Waals surface area contributed by atoms with Crippen molar-refractivity contribution in [2.45, 2.75) is 58.6 Å². The first kappa shape index (κ1) is 17.0. The molecule has 24 heavy (non-hydrogen) atoms. The second kappa shape index (κ2) is 7.85. The lowest BCUT2D eigenvalue weighted by Crippen LogP contribution is -2.23. The van der Waals surface area contributed by atoms with Gasteiger partial charge >= 0.3 is 0 Å². The summed E-state index contributed by atoms with van der Waals surface area (Å²) in [4.78, 5) is 0. The maximum Gasteiger partial charge on any atom is 0.125 e. The zero-order valence-electron chi connectivity index (χ0n) is 14.9. The highest BCUT2D eigenvalue weighted by molar-refractivity contribution is 5.44. The minimum Gasteiger partial charge on any atom is -0.488 e. The molecule has 0 aliphatic heterocycles. The van der Waals surface area contributed by atoms with E-state index in [1.165, 1.54) is 54.4 Å². The van der Waals surface area contributed by atoms with Crippen LogP contribution in [0.25, 0.3) is 0 Å². The van der Waals surface area contributed by atoms with Crippen LogP contribution >= 0.6 is 0 Å². The zero-order valence-corrected chi connectivity index (χ0v) is 14.9. The van der Waals surface area contributed by atoms with Crippen LogP contribution in [0, 0.1) is 19.8 Å². The molecular formula is C22H29NO. The monoisotopic (exact) mass is 323 g/mol. The lowest BCUT2D eigenvalue weighted by molar-refractivity contribution is 0.299. The molecule has 0 spiro atoms. The molecule has 0 saturated heterocycles. The first-order valence-corrected chi connectivity index (χ1v) is 9.18. The van der Waals surface area contributed by atoms with Gasteiger partial charge in [-0.2, -0.15) is 0 Å². The van der Waals surface area contributed by atoms with Gasteiger partial charge in [-0.25, -0.2) is 0 Å². The van der Waals surface area contributed by atoms with Crippen molar-refractivity contribution in [1.29, 1.82) is 0 Å². The third-order valence-electron chi connectivity index (χ3n) is 5.25. The molecule has 1 aliphatic carbocycles. The normalized spacial score (nSPS) is 16.8. The molecule has 1 atom stereocenters. The van der Waals surface area contributed by atoms with Crippen molar-refractivity contribution in [3.05, 3.63) is 64.7 Å². The van der Waals surface area contributed by atoms with Gasteiger partial charge in [0.05, 0.1) is 0 Å². The van der Waals surface area contributed by atoms with Gasteiger partial charge in [0.2, 0.25) is 0 Å². The average Bonchev–Trinajstić information content (AvgIpc) is 2.62. The summed E-state index contributed by atoms with van der Waals surface area (Å²) in [5, 5.41) is 0. The van der Waals surface area contributed by atoms with Crippen LogP contribution in [0.3, 0.4) is 0 Å². The Kier molecular flexibility index (Phi) is 5.57. The van der Waals surface area contributed by atoms with Gasteiger partial charge in [-0.3, -0.25) is 0 Å². The summed E-state index contributed by atoms with van der Waals surface area (Å²) in [7, 11) is 0. The largest absolute Gasteiger partial charge is 0.488 e. The third kappa shape index (κ3) is 3.99.